The van der Waals surface area contributed by atoms with Gasteiger partial charge in [-0.1, -0.05) is 0 Å². The Morgan fingerprint density at radius 1 is 0.676 bits per heavy atom. The molecule has 0 radical (unpaired) electrons. The van der Waals surface area contributed by atoms with Gasteiger partial charge in [-0.2, -0.15) is 12.2 Å². The van der Waals surface area contributed by atoms with Crippen LogP contribution in [0.5, 0.6) is 0 Å². The van der Waals surface area contributed by atoms with Gasteiger partial charge in [0.2, 0.25) is 20.0 Å². The van der Waals surface area contributed by atoms with Crippen molar-refractivity contribution in [3.05, 3.63) is 108 Å². The summed E-state index contributed by atoms with van der Waals surface area (Å²) in [5, 5.41) is 0. The normalized spacial score (nSPS) is 12.7. The third-order valence-corrected chi connectivity index (χ3v) is 4.67. The summed E-state index contributed by atoms with van der Waals surface area (Å²) >= 11 is 0. The smallest absolute Gasteiger partial charge is 0.334 e. The van der Waals surface area contributed by atoms with Crippen LogP contribution in [0.1, 0.15) is 12.8 Å². The van der Waals surface area contributed by atoms with Gasteiger partial charge in [0.15, 0.2) is 0 Å². The minimum absolute atomic E-state index is 0. The molecule has 0 fully saturated rings. The number of anilines is 2. The summed E-state index contributed by atoms with van der Waals surface area (Å²) in [6, 6.07) is 7.21. The average Bonchev–Trinajstić information content (AvgIpc) is 3.50. The number of hydrogen-bond acceptors (Lipinski definition) is 4. The molecule has 0 atom stereocenters. The molecule has 0 saturated heterocycles. The summed E-state index contributed by atoms with van der Waals surface area (Å²) < 4.78 is 96.5. The Morgan fingerprint density at radius 2 is 1.03 bits per heavy atom. The molecule has 0 saturated carbocycles. The Balaban J connectivity index is 0.000000502. The van der Waals surface area contributed by atoms with Crippen LogP contribution in [0.3, 0.4) is 0 Å². The van der Waals surface area contributed by atoms with Crippen molar-refractivity contribution in [2.24, 2.45) is 0 Å². The molecule has 0 amide bonds. The maximum Gasteiger partial charge on any atom is 4.00 e. The second-order valence-corrected chi connectivity index (χ2v) is 10.3. The molecule has 0 bridgehead atoms. The maximum atomic E-state index is 12.8. The van der Waals surface area contributed by atoms with Crippen LogP contribution in [0.25, 0.3) is 0 Å². The largest absolute Gasteiger partial charge is 4.00 e. The number of rotatable bonds is 4. The topological polar surface area (TPSA) is 92.3 Å². The maximum absolute atomic E-state index is 12.8. The fourth-order valence-electron chi connectivity index (χ4n) is 2.12. The van der Waals surface area contributed by atoms with E-state index in [-0.39, 0.29) is 33.1 Å². The van der Waals surface area contributed by atoms with Crippen LogP contribution in [-0.2, 0) is 41.8 Å². The molecule has 6 nitrogen and oxygen atoms in total. The SMILES string of the molecule is CS(=O)(=O)Nc1ccc(F)[c-]c1F.CS(=O)(=O)Nc1ccc(F)[c-]c1F.[C-]1=CC=CC1.[C-]1=CC=CC1.[Ti+4]. The van der Waals surface area contributed by atoms with Crippen molar-refractivity contribution < 1.29 is 56.1 Å². The molecule has 2 aromatic carbocycles. The van der Waals surface area contributed by atoms with E-state index in [0.29, 0.717) is 0 Å². The van der Waals surface area contributed by atoms with E-state index in [1.54, 1.807) is 12.1 Å². The summed E-state index contributed by atoms with van der Waals surface area (Å²) in [5.74, 6) is -3.89. The number of hydrogen-bond donors (Lipinski definition) is 2. The third-order valence-electron chi connectivity index (χ3n) is 3.49. The molecule has 0 spiro atoms. The molecular formula is C24H22F4N2O4S2Ti. The van der Waals surface area contributed by atoms with E-state index in [1.165, 1.54) is 0 Å². The number of benzene rings is 2. The predicted molar refractivity (Wildman–Crippen MR) is 130 cm³/mol. The zero-order chi connectivity index (χ0) is 27.2. The van der Waals surface area contributed by atoms with Gasteiger partial charge >= 0.3 is 21.7 Å². The van der Waals surface area contributed by atoms with E-state index in [0.717, 1.165) is 49.6 Å². The van der Waals surface area contributed by atoms with E-state index in [4.69, 9.17) is 0 Å². The fraction of sp³-hybridized carbons (Fsp3) is 0.167. The Bertz CT molecular complexity index is 1220. The standard InChI is InChI=1S/2C7H6F2NO2S.2C5H5.Ti/c2*1-13(11,12)10-7-3-2-5(8)4-6(7)9;2*1-2-4-5-3-1;/h2*2-3,10H,1H3;2*1-3H,4H2;/q4*-1;+4. The Labute approximate surface area is 229 Å². The van der Waals surface area contributed by atoms with Crippen LogP contribution < -0.4 is 9.44 Å². The van der Waals surface area contributed by atoms with Crippen LogP contribution in [0.15, 0.2) is 60.7 Å². The number of nitrogens with one attached hydrogen (secondary N) is 2. The molecular weight excluding hydrogens is 568 g/mol. The summed E-state index contributed by atoms with van der Waals surface area (Å²) in [5.41, 5.74) is -0.632. The Kier molecular flexibility index (Phi) is 15.7. The molecule has 0 heterocycles. The molecule has 2 aromatic rings. The monoisotopic (exact) mass is 590 g/mol. The van der Waals surface area contributed by atoms with Gasteiger partial charge < -0.3 is 9.44 Å². The second-order valence-electron chi connectivity index (χ2n) is 6.82. The van der Waals surface area contributed by atoms with Crippen molar-refractivity contribution in [2.45, 2.75) is 12.8 Å². The molecule has 13 heteroatoms. The summed E-state index contributed by atoms with van der Waals surface area (Å²) in [6.07, 6.45) is 21.7. The predicted octanol–water partition coefficient (Wildman–Crippen LogP) is 4.88. The first-order valence-electron chi connectivity index (χ1n) is 9.90. The molecule has 2 N–H and O–H groups in total. The van der Waals surface area contributed by atoms with E-state index < -0.39 is 43.3 Å². The van der Waals surface area contributed by atoms with Crippen molar-refractivity contribution in [3.8, 4) is 0 Å². The number of halogens is 4. The van der Waals surface area contributed by atoms with Crippen LogP contribution >= 0.6 is 0 Å². The minimum atomic E-state index is -3.54. The van der Waals surface area contributed by atoms with Crippen molar-refractivity contribution in [2.75, 3.05) is 22.0 Å². The van der Waals surface area contributed by atoms with Gasteiger partial charge in [0.05, 0.1) is 12.5 Å². The van der Waals surface area contributed by atoms with E-state index in [9.17, 15) is 34.4 Å². The van der Waals surface area contributed by atoms with Crippen molar-refractivity contribution in [1.29, 1.82) is 0 Å². The van der Waals surface area contributed by atoms with E-state index in [1.807, 2.05) is 33.7 Å². The van der Waals surface area contributed by atoms with Gasteiger partial charge in [-0.05, 0) is 11.4 Å². The molecule has 0 aliphatic heterocycles. The number of allylic oxidation sites excluding steroid dienone is 8. The van der Waals surface area contributed by atoms with Gasteiger partial charge in [0.25, 0.3) is 0 Å². The first-order chi connectivity index (χ1) is 16.8. The molecule has 196 valence electrons. The Morgan fingerprint density at radius 3 is 1.22 bits per heavy atom. The van der Waals surface area contributed by atoms with Crippen LogP contribution in [0.2, 0.25) is 0 Å². The van der Waals surface area contributed by atoms with Gasteiger partial charge in [-0.3, -0.25) is 12.2 Å². The molecule has 0 aromatic heterocycles. The second kappa shape index (κ2) is 17.0. The third kappa shape index (κ3) is 17.4. The van der Waals surface area contributed by atoms with Gasteiger partial charge in [0, 0.05) is 23.3 Å². The average molecular weight is 590 g/mol. The van der Waals surface area contributed by atoms with Gasteiger partial charge in [-0.15, -0.1) is 49.2 Å². The summed E-state index contributed by atoms with van der Waals surface area (Å²) in [4.78, 5) is 0. The zero-order valence-electron chi connectivity index (χ0n) is 19.6. The minimum Gasteiger partial charge on any atom is -0.334 e. The van der Waals surface area contributed by atoms with Gasteiger partial charge in [0.1, 0.15) is 0 Å². The summed E-state index contributed by atoms with van der Waals surface area (Å²) in [6.45, 7) is 0. The van der Waals surface area contributed by atoms with Crippen molar-refractivity contribution >= 4 is 31.4 Å². The summed E-state index contributed by atoms with van der Waals surface area (Å²) in [7, 11) is -7.09. The first kappa shape index (κ1) is 34.3. The van der Waals surface area contributed by atoms with Crippen LogP contribution in [0, 0.1) is 47.6 Å². The fourth-order valence-corrected chi connectivity index (χ4v) is 3.24. The Hall–Kier alpha value is -2.67. The first-order valence-corrected chi connectivity index (χ1v) is 13.7. The molecule has 0 unspecified atom stereocenters. The van der Waals surface area contributed by atoms with Crippen LogP contribution in [0.4, 0.5) is 28.9 Å². The van der Waals surface area contributed by atoms with Crippen molar-refractivity contribution in [1.82, 2.24) is 0 Å². The zero-order valence-corrected chi connectivity index (χ0v) is 22.8. The molecule has 2 aliphatic carbocycles. The molecule has 4 rings (SSSR count). The van der Waals surface area contributed by atoms with Crippen LogP contribution in [-0.4, -0.2) is 29.3 Å². The molecule has 2 aliphatic rings. The quantitative estimate of drug-likeness (QED) is 0.302. The number of sulfonamides is 2. The van der Waals surface area contributed by atoms with E-state index >= 15 is 0 Å². The van der Waals surface area contributed by atoms with Gasteiger partial charge in [-0.25, -0.2) is 58.7 Å². The molecule has 37 heavy (non-hydrogen) atoms. The van der Waals surface area contributed by atoms with E-state index in [2.05, 4.69) is 24.3 Å². The van der Waals surface area contributed by atoms with Crippen molar-refractivity contribution in [3.63, 3.8) is 0 Å².